The van der Waals surface area contributed by atoms with E-state index in [1.165, 1.54) is 0 Å². The third-order valence-electron chi connectivity index (χ3n) is 3.68. The minimum absolute atomic E-state index is 0.181. The number of carbonyl (C=O) groups is 2. The van der Waals surface area contributed by atoms with E-state index < -0.39 is 11.9 Å². The van der Waals surface area contributed by atoms with E-state index in [0.717, 1.165) is 16.8 Å². The Morgan fingerprint density at radius 1 is 1.24 bits per heavy atom. The van der Waals surface area contributed by atoms with E-state index in [0.29, 0.717) is 13.0 Å². The number of hydrogen-bond donors (Lipinski definition) is 3. The molecule has 3 N–H and O–H groups in total. The molecular weight excluding hydrogens is 270 g/mol. The van der Waals surface area contributed by atoms with Gasteiger partial charge in [0.2, 0.25) is 5.91 Å². The van der Waals surface area contributed by atoms with Gasteiger partial charge in [0.05, 0.1) is 17.5 Å². The van der Waals surface area contributed by atoms with Crippen LogP contribution in [0.2, 0.25) is 0 Å². The second-order valence-corrected chi connectivity index (χ2v) is 5.17. The van der Waals surface area contributed by atoms with Gasteiger partial charge in [-0.05, 0) is 23.6 Å². The molecule has 108 valence electrons. The molecule has 1 heterocycles. The van der Waals surface area contributed by atoms with E-state index in [2.05, 4.69) is 15.5 Å². The van der Waals surface area contributed by atoms with Crippen molar-refractivity contribution in [2.24, 2.45) is 11.8 Å². The monoisotopic (exact) mass is 285 g/mol. The maximum absolute atomic E-state index is 11.8. The predicted octanol–water partition coefficient (Wildman–Crippen LogP) is 1.41. The first kappa shape index (κ1) is 13.4. The van der Waals surface area contributed by atoms with Crippen LogP contribution in [0.5, 0.6) is 0 Å². The third kappa shape index (κ3) is 2.94. The molecule has 1 aromatic carbocycles. The summed E-state index contributed by atoms with van der Waals surface area (Å²) in [5, 5.41) is 18.4. The number of rotatable bonds is 5. The highest BCUT2D eigenvalue weighted by molar-refractivity contribution is 5.89. The van der Waals surface area contributed by atoms with E-state index in [9.17, 15) is 9.59 Å². The first-order chi connectivity index (χ1) is 10.1. The van der Waals surface area contributed by atoms with E-state index in [1.807, 2.05) is 30.3 Å². The van der Waals surface area contributed by atoms with Crippen LogP contribution < -0.4 is 5.32 Å². The number of benzene rings is 1. The Kier molecular flexibility index (Phi) is 3.43. The molecule has 1 aliphatic rings. The summed E-state index contributed by atoms with van der Waals surface area (Å²) in [5.74, 6) is -1.95. The molecule has 0 aliphatic heterocycles. The Hall–Kier alpha value is -2.63. The lowest BCUT2D eigenvalue weighted by Crippen LogP contribution is -2.25. The number of carbonyl (C=O) groups excluding carboxylic acids is 1. The zero-order valence-corrected chi connectivity index (χ0v) is 11.2. The van der Waals surface area contributed by atoms with Gasteiger partial charge in [0, 0.05) is 12.7 Å². The number of H-pyrrole nitrogens is 1. The van der Waals surface area contributed by atoms with Gasteiger partial charge >= 0.3 is 5.97 Å². The van der Waals surface area contributed by atoms with Crippen molar-refractivity contribution in [1.82, 2.24) is 15.5 Å². The Morgan fingerprint density at radius 2 is 2.00 bits per heavy atom. The molecule has 0 spiro atoms. The number of aromatic amines is 1. The van der Waals surface area contributed by atoms with Gasteiger partial charge in [-0.2, -0.15) is 5.10 Å². The molecule has 6 nitrogen and oxygen atoms in total. The van der Waals surface area contributed by atoms with Gasteiger partial charge < -0.3 is 10.4 Å². The average molecular weight is 285 g/mol. The predicted molar refractivity (Wildman–Crippen MR) is 75.1 cm³/mol. The van der Waals surface area contributed by atoms with Crippen molar-refractivity contribution in [2.45, 2.75) is 13.0 Å². The van der Waals surface area contributed by atoms with Crippen LogP contribution in [0.3, 0.4) is 0 Å². The van der Waals surface area contributed by atoms with Gasteiger partial charge in [-0.1, -0.05) is 24.3 Å². The summed E-state index contributed by atoms with van der Waals surface area (Å²) in [6.07, 6.45) is 2.14. The molecule has 0 bridgehead atoms. The first-order valence-electron chi connectivity index (χ1n) is 6.74. The van der Waals surface area contributed by atoms with Crippen molar-refractivity contribution in [1.29, 1.82) is 0 Å². The van der Waals surface area contributed by atoms with Crippen LogP contribution in [0.25, 0.3) is 11.3 Å². The molecule has 1 fully saturated rings. The molecule has 2 aromatic rings. The lowest BCUT2D eigenvalue weighted by atomic mass is 10.1. The quantitative estimate of drug-likeness (QED) is 0.774. The Morgan fingerprint density at radius 3 is 2.57 bits per heavy atom. The third-order valence-corrected chi connectivity index (χ3v) is 3.68. The lowest BCUT2D eigenvalue weighted by Gasteiger charge is -2.05. The fourth-order valence-corrected chi connectivity index (χ4v) is 2.30. The molecule has 21 heavy (non-hydrogen) atoms. The standard InChI is InChI=1S/C15H15N3O3/c19-14(11-7-12(11)15(20)21)16-8-9-1-3-10(4-2-9)13-5-6-17-18-13/h1-6,11-12H,7-8H2,(H,16,19)(H,17,18)(H,20,21)/t11-,12+/m1/s1. The first-order valence-corrected chi connectivity index (χ1v) is 6.74. The van der Waals surface area contributed by atoms with Crippen molar-refractivity contribution < 1.29 is 14.7 Å². The zero-order valence-electron chi connectivity index (χ0n) is 11.2. The largest absolute Gasteiger partial charge is 0.481 e. The zero-order chi connectivity index (χ0) is 14.8. The molecule has 6 heteroatoms. The number of carboxylic acids is 1. The van der Waals surface area contributed by atoms with E-state index in [1.54, 1.807) is 6.20 Å². The summed E-state index contributed by atoms with van der Waals surface area (Å²) >= 11 is 0. The van der Waals surface area contributed by atoms with Crippen molar-refractivity contribution in [2.75, 3.05) is 0 Å². The van der Waals surface area contributed by atoms with E-state index in [-0.39, 0.29) is 11.8 Å². The average Bonchev–Trinajstić information content (AvgIpc) is 3.12. The van der Waals surface area contributed by atoms with Crippen molar-refractivity contribution in [3.8, 4) is 11.3 Å². The number of carboxylic acid groups (broad SMARTS) is 1. The number of aromatic nitrogens is 2. The van der Waals surface area contributed by atoms with Gasteiger partial charge in [-0.25, -0.2) is 0 Å². The SMILES string of the molecule is O=C(O)[C@H]1C[C@H]1C(=O)NCc1ccc(-c2ccn[nH]2)cc1. The summed E-state index contributed by atoms with van der Waals surface area (Å²) in [6, 6.07) is 9.64. The molecule has 1 aliphatic carbocycles. The fraction of sp³-hybridized carbons (Fsp3) is 0.267. The molecule has 0 saturated heterocycles. The van der Waals surface area contributed by atoms with Crippen LogP contribution in [0.15, 0.2) is 36.5 Å². The number of aliphatic carboxylic acids is 1. The van der Waals surface area contributed by atoms with Gasteiger partial charge in [0.25, 0.3) is 0 Å². The number of nitrogens with one attached hydrogen (secondary N) is 2. The maximum atomic E-state index is 11.8. The summed E-state index contributed by atoms with van der Waals surface area (Å²) in [4.78, 5) is 22.5. The van der Waals surface area contributed by atoms with Crippen molar-refractivity contribution >= 4 is 11.9 Å². The molecule has 1 amide bonds. The highest BCUT2D eigenvalue weighted by atomic mass is 16.4. The maximum Gasteiger partial charge on any atom is 0.307 e. The molecule has 0 radical (unpaired) electrons. The summed E-state index contributed by atoms with van der Waals surface area (Å²) in [6.45, 7) is 0.408. The normalized spacial score (nSPS) is 20.0. The molecular formula is C15H15N3O3. The number of nitrogens with zero attached hydrogens (tertiary/aromatic N) is 1. The summed E-state index contributed by atoms with van der Waals surface area (Å²) in [5.41, 5.74) is 2.93. The van der Waals surface area contributed by atoms with Crippen LogP contribution in [-0.2, 0) is 16.1 Å². The molecule has 1 saturated carbocycles. The minimum Gasteiger partial charge on any atom is -0.481 e. The van der Waals surface area contributed by atoms with Gasteiger partial charge in [-0.3, -0.25) is 14.7 Å². The summed E-state index contributed by atoms with van der Waals surface area (Å²) < 4.78 is 0. The van der Waals surface area contributed by atoms with Gasteiger partial charge in [0.15, 0.2) is 0 Å². The number of amides is 1. The second kappa shape index (κ2) is 5.40. The molecule has 2 atom stereocenters. The summed E-state index contributed by atoms with van der Waals surface area (Å²) in [7, 11) is 0. The van der Waals surface area contributed by atoms with Gasteiger partial charge in [0.1, 0.15) is 0 Å². The molecule has 1 aromatic heterocycles. The van der Waals surface area contributed by atoms with Crippen LogP contribution >= 0.6 is 0 Å². The Labute approximate surface area is 121 Å². The second-order valence-electron chi connectivity index (χ2n) is 5.17. The molecule has 0 unspecified atom stereocenters. The highest BCUT2D eigenvalue weighted by Crippen LogP contribution is 2.38. The van der Waals surface area contributed by atoms with Crippen LogP contribution in [-0.4, -0.2) is 27.2 Å². The topological polar surface area (TPSA) is 95.1 Å². The Balaban J connectivity index is 1.54. The van der Waals surface area contributed by atoms with Crippen LogP contribution in [0.4, 0.5) is 0 Å². The van der Waals surface area contributed by atoms with Crippen LogP contribution in [0.1, 0.15) is 12.0 Å². The molecule has 3 rings (SSSR count). The van der Waals surface area contributed by atoms with E-state index >= 15 is 0 Å². The Bertz CT molecular complexity index is 649. The number of hydrogen-bond acceptors (Lipinski definition) is 3. The lowest BCUT2D eigenvalue weighted by molar-refractivity contribution is -0.140. The van der Waals surface area contributed by atoms with Crippen LogP contribution in [0, 0.1) is 11.8 Å². The smallest absolute Gasteiger partial charge is 0.307 e. The van der Waals surface area contributed by atoms with Crippen molar-refractivity contribution in [3.05, 3.63) is 42.1 Å². The van der Waals surface area contributed by atoms with E-state index in [4.69, 9.17) is 5.11 Å². The van der Waals surface area contributed by atoms with Gasteiger partial charge in [-0.15, -0.1) is 0 Å². The fourth-order valence-electron chi connectivity index (χ4n) is 2.30. The minimum atomic E-state index is -0.890. The highest BCUT2D eigenvalue weighted by Gasteiger charge is 2.48. The van der Waals surface area contributed by atoms with Crippen molar-refractivity contribution in [3.63, 3.8) is 0 Å².